The number of amides is 1. The molecule has 6 heteroatoms. The van der Waals surface area contributed by atoms with Crippen LogP contribution in [0.4, 0.5) is 4.39 Å². The Hall–Kier alpha value is -2.89. The average molecular weight is 342 g/mol. The molecule has 0 heterocycles. The van der Waals surface area contributed by atoms with E-state index in [1.54, 1.807) is 26.2 Å². The first kappa shape index (κ1) is 18.4. The van der Waals surface area contributed by atoms with Gasteiger partial charge in [-0.05, 0) is 41.8 Å². The zero-order valence-corrected chi connectivity index (χ0v) is 14.5. The normalized spacial score (nSPS) is 11.1. The number of nitrogens with one attached hydrogen (secondary N) is 3. The molecule has 3 N–H and O–H groups in total. The van der Waals surface area contributed by atoms with Crippen molar-refractivity contribution in [3.8, 4) is 0 Å². The summed E-state index contributed by atoms with van der Waals surface area (Å²) in [6.45, 7) is 1.19. The first-order chi connectivity index (χ1) is 12.1. The van der Waals surface area contributed by atoms with E-state index in [0.29, 0.717) is 31.0 Å². The Balaban J connectivity index is 1.83. The third-order valence-corrected chi connectivity index (χ3v) is 3.69. The lowest BCUT2D eigenvalue weighted by Gasteiger charge is -2.12. The zero-order valence-electron chi connectivity index (χ0n) is 14.5. The fourth-order valence-corrected chi connectivity index (χ4v) is 2.39. The van der Waals surface area contributed by atoms with Crippen molar-refractivity contribution in [3.63, 3.8) is 0 Å². The summed E-state index contributed by atoms with van der Waals surface area (Å²) in [5, 5.41) is 9.00. The molecule has 0 fully saturated rings. The second-order valence-corrected chi connectivity index (χ2v) is 5.51. The fraction of sp³-hybridized carbons (Fsp3) is 0.263. The maximum Gasteiger partial charge on any atom is 0.251 e. The molecule has 2 aromatic rings. The largest absolute Gasteiger partial charge is 0.356 e. The Morgan fingerprint density at radius 2 is 1.84 bits per heavy atom. The van der Waals surface area contributed by atoms with Crippen LogP contribution in [0.3, 0.4) is 0 Å². The van der Waals surface area contributed by atoms with E-state index in [9.17, 15) is 9.18 Å². The quantitative estimate of drug-likeness (QED) is 0.556. The number of halogens is 1. The third-order valence-electron chi connectivity index (χ3n) is 3.69. The molecule has 1 amide bonds. The molecule has 0 radical (unpaired) electrons. The van der Waals surface area contributed by atoms with E-state index in [-0.39, 0.29) is 11.7 Å². The molecule has 25 heavy (non-hydrogen) atoms. The van der Waals surface area contributed by atoms with Crippen LogP contribution in [0.5, 0.6) is 0 Å². The van der Waals surface area contributed by atoms with Crippen LogP contribution in [0, 0.1) is 5.82 Å². The van der Waals surface area contributed by atoms with E-state index < -0.39 is 0 Å². The maximum absolute atomic E-state index is 13.2. The van der Waals surface area contributed by atoms with Gasteiger partial charge in [-0.15, -0.1) is 0 Å². The molecular formula is C19H23FN4O. The number of hydrogen-bond acceptors (Lipinski definition) is 2. The van der Waals surface area contributed by atoms with Gasteiger partial charge in [0.25, 0.3) is 5.91 Å². The number of nitrogens with zero attached hydrogens (tertiary/aromatic N) is 1. The Bertz CT molecular complexity index is 746. The van der Waals surface area contributed by atoms with Crippen LogP contribution >= 0.6 is 0 Å². The average Bonchev–Trinajstić information content (AvgIpc) is 2.64. The molecule has 0 atom stereocenters. The van der Waals surface area contributed by atoms with Crippen LogP contribution in [0.1, 0.15) is 21.5 Å². The van der Waals surface area contributed by atoms with Gasteiger partial charge in [0, 0.05) is 32.7 Å². The van der Waals surface area contributed by atoms with Gasteiger partial charge < -0.3 is 16.0 Å². The van der Waals surface area contributed by atoms with Crippen LogP contribution in [0.2, 0.25) is 0 Å². The second kappa shape index (κ2) is 9.42. The molecule has 0 saturated carbocycles. The van der Waals surface area contributed by atoms with Crippen molar-refractivity contribution in [2.24, 2.45) is 4.99 Å². The van der Waals surface area contributed by atoms with Gasteiger partial charge in [-0.3, -0.25) is 9.79 Å². The van der Waals surface area contributed by atoms with E-state index in [1.807, 2.05) is 24.3 Å². The summed E-state index contributed by atoms with van der Waals surface area (Å²) >= 11 is 0. The minimum atomic E-state index is -0.226. The minimum absolute atomic E-state index is 0.112. The van der Waals surface area contributed by atoms with Gasteiger partial charge in [-0.1, -0.05) is 24.3 Å². The number of carbonyl (C=O) groups is 1. The summed E-state index contributed by atoms with van der Waals surface area (Å²) in [7, 11) is 3.30. The molecule has 5 nitrogen and oxygen atoms in total. The van der Waals surface area contributed by atoms with Crippen molar-refractivity contribution < 1.29 is 9.18 Å². The second-order valence-electron chi connectivity index (χ2n) is 5.51. The first-order valence-electron chi connectivity index (χ1n) is 8.12. The number of hydrogen-bond donors (Lipinski definition) is 3. The van der Waals surface area contributed by atoms with Crippen LogP contribution in [0.25, 0.3) is 0 Å². The number of benzene rings is 2. The molecule has 0 aliphatic rings. The van der Waals surface area contributed by atoms with Gasteiger partial charge in [0.05, 0.1) is 0 Å². The summed E-state index contributed by atoms with van der Waals surface area (Å²) in [5.41, 5.74) is 2.53. The van der Waals surface area contributed by atoms with Gasteiger partial charge in [0.15, 0.2) is 5.96 Å². The number of guanidine groups is 1. The van der Waals surface area contributed by atoms with Crippen LogP contribution < -0.4 is 16.0 Å². The molecule has 0 bridgehead atoms. The van der Waals surface area contributed by atoms with Gasteiger partial charge >= 0.3 is 0 Å². The maximum atomic E-state index is 13.2. The van der Waals surface area contributed by atoms with E-state index in [1.165, 1.54) is 12.1 Å². The van der Waals surface area contributed by atoms with Gasteiger partial charge in [-0.25, -0.2) is 4.39 Å². The summed E-state index contributed by atoms with van der Waals surface area (Å²) in [6, 6.07) is 14.0. The zero-order chi connectivity index (χ0) is 18.1. The van der Waals surface area contributed by atoms with Crippen molar-refractivity contribution in [3.05, 3.63) is 71.0 Å². The van der Waals surface area contributed by atoms with Crippen molar-refractivity contribution in [2.75, 3.05) is 20.6 Å². The van der Waals surface area contributed by atoms with Gasteiger partial charge in [-0.2, -0.15) is 0 Å². The van der Waals surface area contributed by atoms with Crippen LogP contribution in [-0.2, 0) is 13.0 Å². The van der Waals surface area contributed by atoms with E-state index >= 15 is 0 Å². The molecule has 0 saturated heterocycles. The molecule has 0 aliphatic carbocycles. The van der Waals surface area contributed by atoms with E-state index in [2.05, 4.69) is 20.9 Å². The smallest absolute Gasteiger partial charge is 0.251 e. The lowest BCUT2D eigenvalue weighted by Crippen LogP contribution is -2.37. The Kier molecular flexibility index (Phi) is 6.95. The van der Waals surface area contributed by atoms with Crippen molar-refractivity contribution in [2.45, 2.75) is 13.0 Å². The predicted molar refractivity (Wildman–Crippen MR) is 98.1 cm³/mol. The number of aliphatic imine (C=N–C) groups is 1. The molecule has 0 spiro atoms. The van der Waals surface area contributed by atoms with E-state index in [4.69, 9.17) is 0 Å². The predicted octanol–water partition coefficient (Wildman–Crippen LogP) is 2.09. The van der Waals surface area contributed by atoms with Crippen molar-refractivity contribution >= 4 is 11.9 Å². The monoisotopic (exact) mass is 342 g/mol. The lowest BCUT2D eigenvalue weighted by atomic mass is 10.1. The minimum Gasteiger partial charge on any atom is -0.356 e. The van der Waals surface area contributed by atoms with Gasteiger partial charge in [0.1, 0.15) is 5.82 Å². The molecule has 2 rings (SSSR count). The standard InChI is InChI=1S/C19H23FN4O/c1-21-18(25)16-7-3-6-15(11-16)13-24-19(22-2)23-10-9-14-5-4-8-17(20)12-14/h3-8,11-12H,9-10,13H2,1-2H3,(H,21,25)(H2,22,23,24). The number of carbonyl (C=O) groups excluding carboxylic acids is 1. The van der Waals surface area contributed by atoms with Crippen molar-refractivity contribution in [1.82, 2.24) is 16.0 Å². The van der Waals surface area contributed by atoms with Crippen LogP contribution in [0.15, 0.2) is 53.5 Å². The Morgan fingerprint density at radius 3 is 2.56 bits per heavy atom. The number of rotatable bonds is 6. The Labute approximate surface area is 147 Å². The Morgan fingerprint density at radius 1 is 1.08 bits per heavy atom. The molecule has 0 unspecified atom stereocenters. The lowest BCUT2D eigenvalue weighted by molar-refractivity contribution is 0.0963. The third kappa shape index (κ3) is 5.91. The molecule has 0 aromatic heterocycles. The molecule has 2 aromatic carbocycles. The first-order valence-corrected chi connectivity index (χ1v) is 8.12. The summed E-state index contributed by atoms with van der Waals surface area (Å²) < 4.78 is 13.2. The highest BCUT2D eigenvalue weighted by atomic mass is 19.1. The van der Waals surface area contributed by atoms with Crippen LogP contribution in [-0.4, -0.2) is 32.5 Å². The molecule has 0 aliphatic heterocycles. The fourth-order valence-electron chi connectivity index (χ4n) is 2.39. The summed E-state index contributed by atoms with van der Waals surface area (Å²) in [4.78, 5) is 15.8. The summed E-state index contributed by atoms with van der Waals surface area (Å²) in [6.07, 6.45) is 0.699. The topological polar surface area (TPSA) is 65.5 Å². The SMILES string of the molecule is CN=C(NCCc1cccc(F)c1)NCc1cccc(C(=O)NC)c1. The van der Waals surface area contributed by atoms with Crippen molar-refractivity contribution in [1.29, 1.82) is 0 Å². The molecule has 132 valence electrons. The summed E-state index contributed by atoms with van der Waals surface area (Å²) in [5.74, 6) is 0.317. The van der Waals surface area contributed by atoms with E-state index in [0.717, 1.165) is 11.1 Å². The highest BCUT2D eigenvalue weighted by Crippen LogP contribution is 2.05. The highest BCUT2D eigenvalue weighted by Gasteiger charge is 2.04. The highest BCUT2D eigenvalue weighted by molar-refractivity contribution is 5.94. The van der Waals surface area contributed by atoms with Gasteiger partial charge in [0.2, 0.25) is 0 Å². The molecular weight excluding hydrogens is 319 g/mol.